The number of halogens is 1. The van der Waals surface area contributed by atoms with Crippen LogP contribution < -0.4 is 5.73 Å². The molecule has 0 aliphatic carbocycles. The maximum absolute atomic E-state index is 6.31. The van der Waals surface area contributed by atoms with Crippen LogP contribution >= 0.6 is 11.6 Å². The molecule has 0 amide bonds. The van der Waals surface area contributed by atoms with Gasteiger partial charge in [-0.15, -0.1) is 11.6 Å². The molecule has 2 N–H and O–H groups in total. The van der Waals surface area contributed by atoms with Crippen LogP contribution in [0, 0.1) is 0 Å². The monoisotopic (exact) mass is 177 g/mol. The van der Waals surface area contributed by atoms with Crippen molar-refractivity contribution in [3.8, 4) is 0 Å². The highest BCUT2D eigenvalue weighted by atomic mass is 35.5. The molecule has 0 aromatic rings. The van der Waals surface area contributed by atoms with Gasteiger partial charge >= 0.3 is 0 Å². The molecule has 0 saturated carbocycles. The Labute approximate surface area is 75.3 Å². The van der Waals surface area contributed by atoms with Crippen molar-refractivity contribution in [1.82, 2.24) is 0 Å². The second kappa shape index (κ2) is 5.00. The molecule has 0 aromatic heterocycles. The van der Waals surface area contributed by atoms with Gasteiger partial charge in [-0.05, 0) is 19.3 Å². The van der Waals surface area contributed by atoms with Gasteiger partial charge < -0.3 is 5.73 Å². The maximum Gasteiger partial charge on any atom is 0.0592 e. The van der Waals surface area contributed by atoms with E-state index in [1.165, 1.54) is 0 Å². The van der Waals surface area contributed by atoms with Gasteiger partial charge in [0.25, 0.3) is 0 Å². The molecule has 0 fully saturated rings. The smallest absolute Gasteiger partial charge is 0.0592 e. The minimum absolute atomic E-state index is 0.157. The molecular formula is C9H20ClN. The standard InChI is InChI=1S/C9H20ClN/c1-4-7-8(11)9(10,5-2)6-3/h8H,4-7,11H2,1-3H3. The van der Waals surface area contributed by atoms with Crippen LogP contribution in [0.15, 0.2) is 0 Å². The van der Waals surface area contributed by atoms with E-state index in [4.69, 9.17) is 17.3 Å². The maximum atomic E-state index is 6.31. The van der Waals surface area contributed by atoms with E-state index in [9.17, 15) is 0 Å². The lowest BCUT2D eigenvalue weighted by Crippen LogP contribution is -2.42. The third kappa shape index (κ3) is 3.00. The van der Waals surface area contributed by atoms with Gasteiger partial charge in [-0.1, -0.05) is 27.2 Å². The van der Waals surface area contributed by atoms with Crippen molar-refractivity contribution in [3.63, 3.8) is 0 Å². The Morgan fingerprint density at radius 3 is 2.00 bits per heavy atom. The zero-order valence-electron chi connectivity index (χ0n) is 7.86. The molecule has 1 nitrogen and oxygen atoms in total. The van der Waals surface area contributed by atoms with Crippen molar-refractivity contribution >= 4 is 11.6 Å². The molecule has 0 radical (unpaired) electrons. The van der Waals surface area contributed by atoms with E-state index >= 15 is 0 Å². The largest absolute Gasteiger partial charge is 0.326 e. The summed E-state index contributed by atoms with van der Waals surface area (Å²) < 4.78 is 0. The van der Waals surface area contributed by atoms with Crippen molar-refractivity contribution in [2.45, 2.75) is 57.4 Å². The van der Waals surface area contributed by atoms with Crippen LogP contribution in [-0.2, 0) is 0 Å². The number of rotatable bonds is 5. The van der Waals surface area contributed by atoms with Crippen LogP contribution in [0.4, 0.5) is 0 Å². The molecule has 0 aliphatic rings. The minimum Gasteiger partial charge on any atom is -0.326 e. The highest BCUT2D eigenvalue weighted by Crippen LogP contribution is 2.28. The first-order chi connectivity index (χ1) is 5.10. The summed E-state index contributed by atoms with van der Waals surface area (Å²) in [5, 5.41) is 0. The molecule has 0 rings (SSSR count). The zero-order chi connectivity index (χ0) is 8.91. The third-order valence-corrected chi connectivity index (χ3v) is 3.25. The van der Waals surface area contributed by atoms with E-state index in [-0.39, 0.29) is 10.9 Å². The predicted octanol–water partition coefficient (Wildman–Crippen LogP) is 2.91. The second-order valence-electron chi connectivity index (χ2n) is 3.14. The van der Waals surface area contributed by atoms with Crippen LogP contribution in [0.1, 0.15) is 46.5 Å². The van der Waals surface area contributed by atoms with Crippen molar-refractivity contribution in [2.24, 2.45) is 5.73 Å². The number of hydrogen-bond acceptors (Lipinski definition) is 1. The molecule has 11 heavy (non-hydrogen) atoms. The summed E-state index contributed by atoms with van der Waals surface area (Å²) >= 11 is 6.31. The van der Waals surface area contributed by atoms with Crippen LogP contribution in [0.2, 0.25) is 0 Å². The van der Waals surface area contributed by atoms with Gasteiger partial charge in [0.15, 0.2) is 0 Å². The van der Waals surface area contributed by atoms with Crippen LogP contribution in [0.5, 0.6) is 0 Å². The van der Waals surface area contributed by atoms with Gasteiger partial charge in [-0.3, -0.25) is 0 Å². The summed E-state index contributed by atoms with van der Waals surface area (Å²) in [5.74, 6) is 0. The van der Waals surface area contributed by atoms with E-state index in [2.05, 4.69) is 20.8 Å². The molecular weight excluding hydrogens is 158 g/mol. The molecule has 0 heterocycles. The molecule has 0 bridgehead atoms. The van der Waals surface area contributed by atoms with Gasteiger partial charge in [-0.25, -0.2) is 0 Å². The fraction of sp³-hybridized carbons (Fsp3) is 1.00. The van der Waals surface area contributed by atoms with Gasteiger partial charge in [0.1, 0.15) is 0 Å². The zero-order valence-corrected chi connectivity index (χ0v) is 8.62. The summed E-state index contributed by atoms with van der Waals surface area (Å²) in [6.45, 7) is 6.35. The van der Waals surface area contributed by atoms with Crippen molar-refractivity contribution in [1.29, 1.82) is 0 Å². The quantitative estimate of drug-likeness (QED) is 0.643. The van der Waals surface area contributed by atoms with Gasteiger partial charge in [0.05, 0.1) is 4.87 Å². The first-order valence-corrected chi connectivity index (χ1v) is 4.93. The molecule has 1 atom stereocenters. The summed E-state index contributed by atoms with van der Waals surface area (Å²) in [6, 6.07) is 0.157. The molecule has 0 spiro atoms. The first kappa shape index (κ1) is 11.2. The van der Waals surface area contributed by atoms with Crippen molar-refractivity contribution in [3.05, 3.63) is 0 Å². The van der Waals surface area contributed by atoms with Gasteiger partial charge in [0, 0.05) is 6.04 Å². The Kier molecular flexibility index (Phi) is 5.11. The van der Waals surface area contributed by atoms with Crippen LogP contribution in [0.3, 0.4) is 0 Å². The lowest BCUT2D eigenvalue weighted by atomic mass is 9.91. The Bertz CT molecular complexity index is 99.7. The first-order valence-electron chi connectivity index (χ1n) is 4.55. The second-order valence-corrected chi connectivity index (χ2v) is 3.89. The Balaban J connectivity index is 4.00. The fourth-order valence-corrected chi connectivity index (χ4v) is 1.45. The summed E-state index contributed by atoms with van der Waals surface area (Å²) in [4.78, 5) is -0.157. The molecule has 1 unspecified atom stereocenters. The van der Waals surface area contributed by atoms with Crippen LogP contribution in [0.25, 0.3) is 0 Å². The van der Waals surface area contributed by atoms with E-state index in [1.807, 2.05) is 0 Å². The predicted molar refractivity (Wildman–Crippen MR) is 52.0 cm³/mol. The average Bonchev–Trinajstić information content (AvgIpc) is 2.03. The highest BCUT2D eigenvalue weighted by molar-refractivity contribution is 6.24. The van der Waals surface area contributed by atoms with E-state index in [0.29, 0.717) is 0 Å². The van der Waals surface area contributed by atoms with Crippen LogP contribution in [-0.4, -0.2) is 10.9 Å². The van der Waals surface area contributed by atoms with E-state index in [0.717, 1.165) is 25.7 Å². The number of nitrogens with two attached hydrogens (primary N) is 1. The lowest BCUT2D eigenvalue weighted by molar-refractivity contribution is 0.409. The fourth-order valence-electron chi connectivity index (χ4n) is 1.34. The third-order valence-electron chi connectivity index (χ3n) is 2.44. The molecule has 0 aliphatic heterocycles. The SMILES string of the molecule is CCCC(N)C(Cl)(CC)CC. The number of hydrogen-bond donors (Lipinski definition) is 1. The molecule has 0 aromatic carbocycles. The topological polar surface area (TPSA) is 26.0 Å². The summed E-state index contributed by atoms with van der Waals surface area (Å²) in [6.07, 6.45) is 4.08. The Hall–Kier alpha value is 0.250. The highest BCUT2D eigenvalue weighted by Gasteiger charge is 2.29. The van der Waals surface area contributed by atoms with Crippen molar-refractivity contribution in [2.75, 3.05) is 0 Å². The normalized spacial score (nSPS) is 15.0. The molecule has 0 saturated heterocycles. The van der Waals surface area contributed by atoms with Gasteiger partial charge in [-0.2, -0.15) is 0 Å². The Morgan fingerprint density at radius 2 is 1.73 bits per heavy atom. The number of alkyl halides is 1. The summed E-state index contributed by atoms with van der Waals surface area (Å²) in [5.41, 5.74) is 5.95. The minimum atomic E-state index is -0.157. The van der Waals surface area contributed by atoms with E-state index < -0.39 is 0 Å². The average molecular weight is 178 g/mol. The van der Waals surface area contributed by atoms with E-state index in [1.54, 1.807) is 0 Å². The van der Waals surface area contributed by atoms with Crippen molar-refractivity contribution < 1.29 is 0 Å². The Morgan fingerprint density at radius 1 is 1.27 bits per heavy atom. The molecule has 68 valence electrons. The summed E-state index contributed by atoms with van der Waals surface area (Å²) in [7, 11) is 0. The molecule has 2 heteroatoms. The van der Waals surface area contributed by atoms with Gasteiger partial charge in [0.2, 0.25) is 0 Å². The lowest BCUT2D eigenvalue weighted by Gasteiger charge is -2.30.